The van der Waals surface area contributed by atoms with Crippen molar-refractivity contribution in [2.75, 3.05) is 0 Å². The summed E-state index contributed by atoms with van der Waals surface area (Å²) in [6.45, 7) is 2.30. The molecule has 0 bridgehead atoms. The molecule has 0 saturated heterocycles. The van der Waals surface area contributed by atoms with E-state index in [4.69, 9.17) is 28.5 Å². The first kappa shape index (κ1) is 21.0. The summed E-state index contributed by atoms with van der Waals surface area (Å²) in [5.74, 6) is 3.44. The molecular weight excluding hydrogens is 373 g/mol. The highest BCUT2D eigenvalue weighted by molar-refractivity contribution is 6.36. The van der Waals surface area contributed by atoms with Gasteiger partial charge in [-0.3, -0.25) is 0 Å². The van der Waals surface area contributed by atoms with Crippen molar-refractivity contribution >= 4 is 23.2 Å². The Morgan fingerprint density at radius 1 is 0.889 bits per heavy atom. The zero-order valence-electron chi connectivity index (χ0n) is 16.7. The van der Waals surface area contributed by atoms with Crippen LogP contribution in [0, 0.1) is 29.1 Å². The van der Waals surface area contributed by atoms with Gasteiger partial charge < -0.3 is 0 Å². The van der Waals surface area contributed by atoms with Crippen LogP contribution in [0.4, 0.5) is 0 Å². The Kier molecular flexibility index (Phi) is 7.92. The summed E-state index contributed by atoms with van der Waals surface area (Å²) in [6, 6.07) is 6.04. The van der Waals surface area contributed by atoms with E-state index in [1.54, 1.807) is 0 Å². The number of benzene rings is 1. The van der Waals surface area contributed by atoms with E-state index in [1.807, 2.05) is 12.1 Å². The van der Waals surface area contributed by atoms with Gasteiger partial charge in [-0.1, -0.05) is 68.7 Å². The maximum absolute atomic E-state index is 9.14. The van der Waals surface area contributed by atoms with E-state index in [1.165, 1.54) is 82.6 Å². The highest BCUT2D eigenvalue weighted by atomic mass is 35.5. The van der Waals surface area contributed by atoms with Gasteiger partial charge in [0, 0.05) is 0 Å². The maximum Gasteiger partial charge on any atom is 0.102 e. The van der Waals surface area contributed by atoms with Crippen LogP contribution in [-0.2, 0) is 0 Å². The van der Waals surface area contributed by atoms with Crippen molar-refractivity contribution in [3.05, 3.63) is 33.3 Å². The van der Waals surface area contributed by atoms with Crippen molar-refractivity contribution in [3.63, 3.8) is 0 Å². The van der Waals surface area contributed by atoms with E-state index in [-0.39, 0.29) is 0 Å². The van der Waals surface area contributed by atoms with Gasteiger partial charge >= 0.3 is 0 Å². The lowest BCUT2D eigenvalue weighted by atomic mass is 9.68. The average Bonchev–Trinajstić information content (AvgIpc) is 2.69. The number of nitriles is 1. The molecule has 2 aliphatic rings. The number of halogens is 2. The van der Waals surface area contributed by atoms with Gasteiger partial charge in [0.05, 0.1) is 15.6 Å². The largest absolute Gasteiger partial charge is 0.192 e. The lowest BCUT2D eigenvalue weighted by Gasteiger charge is -2.38. The van der Waals surface area contributed by atoms with Crippen LogP contribution in [0.25, 0.3) is 0 Å². The van der Waals surface area contributed by atoms with Gasteiger partial charge in [0.2, 0.25) is 0 Å². The smallest absolute Gasteiger partial charge is 0.102 e. The van der Waals surface area contributed by atoms with Crippen LogP contribution in [0.15, 0.2) is 12.1 Å². The molecule has 0 N–H and O–H groups in total. The summed E-state index contributed by atoms with van der Waals surface area (Å²) < 4.78 is 0. The van der Waals surface area contributed by atoms with Crippen LogP contribution in [0.3, 0.4) is 0 Å². The second kappa shape index (κ2) is 10.2. The number of rotatable bonds is 6. The van der Waals surface area contributed by atoms with Crippen molar-refractivity contribution in [1.29, 1.82) is 5.26 Å². The lowest BCUT2D eigenvalue weighted by molar-refractivity contribution is 0.155. The van der Waals surface area contributed by atoms with Gasteiger partial charge in [-0.2, -0.15) is 5.26 Å². The van der Waals surface area contributed by atoms with Crippen molar-refractivity contribution in [2.24, 2.45) is 17.8 Å². The van der Waals surface area contributed by atoms with Crippen LogP contribution >= 0.6 is 23.2 Å². The standard InChI is InChI=1S/C24H33Cl2N/c1-2-3-4-5-17-6-8-18(9-7-17)19-10-12-20(13-11-19)21-14-23(25)22(16-27)24(26)15-21/h14-15,17-20H,2-13H2,1H3. The minimum Gasteiger partial charge on any atom is -0.192 e. The van der Waals surface area contributed by atoms with Gasteiger partial charge in [0.15, 0.2) is 0 Å². The van der Waals surface area contributed by atoms with E-state index in [2.05, 4.69) is 13.0 Å². The molecule has 0 amide bonds. The fraction of sp³-hybridized carbons (Fsp3) is 0.708. The summed E-state index contributed by atoms with van der Waals surface area (Å²) in [4.78, 5) is 0. The third-order valence-electron chi connectivity index (χ3n) is 7.19. The number of hydrogen-bond acceptors (Lipinski definition) is 1. The summed E-state index contributed by atoms with van der Waals surface area (Å²) in [5, 5.41) is 10.1. The molecule has 2 aliphatic carbocycles. The molecule has 148 valence electrons. The van der Waals surface area contributed by atoms with E-state index < -0.39 is 0 Å². The molecule has 1 aromatic rings. The molecule has 0 radical (unpaired) electrons. The maximum atomic E-state index is 9.14. The van der Waals surface area contributed by atoms with Crippen LogP contribution in [0.5, 0.6) is 0 Å². The summed E-state index contributed by atoms with van der Waals surface area (Å²) >= 11 is 12.5. The summed E-state index contributed by atoms with van der Waals surface area (Å²) in [5.41, 5.74) is 1.63. The topological polar surface area (TPSA) is 23.8 Å². The first-order valence-electron chi connectivity index (χ1n) is 11.0. The van der Waals surface area contributed by atoms with E-state index in [0.29, 0.717) is 21.5 Å². The molecule has 0 unspecified atom stereocenters. The highest BCUT2D eigenvalue weighted by Gasteiger charge is 2.31. The molecule has 3 heteroatoms. The van der Waals surface area contributed by atoms with E-state index in [9.17, 15) is 0 Å². The number of hydrogen-bond donors (Lipinski definition) is 0. The molecule has 27 heavy (non-hydrogen) atoms. The van der Waals surface area contributed by atoms with Crippen LogP contribution < -0.4 is 0 Å². The summed E-state index contributed by atoms with van der Waals surface area (Å²) in [6.07, 6.45) is 16.7. The lowest BCUT2D eigenvalue weighted by Crippen LogP contribution is -2.25. The fourth-order valence-electron chi connectivity index (χ4n) is 5.49. The quantitative estimate of drug-likeness (QED) is 0.434. The molecule has 3 rings (SSSR count). The van der Waals surface area contributed by atoms with Crippen molar-refractivity contribution in [3.8, 4) is 6.07 Å². The van der Waals surface area contributed by atoms with Crippen molar-refractivity contribution in [2.45, 2.75) is 89.9 Å². The van der Waals surface area contributed by atoms with Gasteiger partial charge in [-0.15, -0.1) is 0 Å². The van der Waals surface area contributed by atoms with Crippen molar-refractivity contribution < 1.29 is 0 Å². The molecule has 2 fully saturated rings. The van der Waals surface area contributed by atoms with Gasteiger partial charge in [-0.05, 0) is 79.9 Å². The van der Waals surface area contributed by atoms with E-state index >= 15 is 0 Å². The molecule has 1 nitrogen and oxygen atoms in total. The van der Waals surface area contributed by atoms with Crippen LogP contribution in [-0.4, -0.2) is 0 Å². The monoisotopic (exact) mass is 405 g/mol. The summed E-state index contributed by atoms with van der Waals surface area (Å²) in [7, 11) is 0. The molecule has 0 atom stereocenters. The highest BCUT2D eigenvalue weighted by Crippen LogP contribution is 2.45. The molecule has 2 saturated carbocycles. The second-order valence-electron chi connectivity index (χ2n) is 8.86. The molecule has 0 aromatic heterocycles. The first-order valence-corrected chi connectivity index (χ1v) is 11.8. The van der Waals surface area contributed by atoms with Gasteiger partial charge in [0.1, 0.15) is 6.07 Å². The zero-order chi connectivity index (χ0) is 19.2. The van der Waals surface area contributed by atoms with Gasteiger partial charge in [0.25, 0.3) is 0 Å². The average molecular weight is 406 g/mol. The third-order valence-corrected chi connectivity index (χ3v) is 7.79. The molecule has 0 aliphatic heterocycles. The predicted octanol–water partition coefficient (Wildman–Crippen LogP) is 8.53. The molecule has 1 aromatic carbocycles. The third kappa shape index (κ3) is 5.42. The van der Waals surface area contributed by atoms with E-state index in [0.717, 1.165) is 17.8 Å². The van der Waals surface area contributed by atoms with Crippen molar-refractivity contribution in [1.82, 2.24) is 0 Å². The SMILES string of the molecule is CCCCCC1CCC(C2CCC(c3cc(Cl)c(C#N)c(Cl)c3)CC2)CC1. The Balaban J connectivity index is 1.48. The minimum atomic E-state index is 0.409. The minimum absolute atomic E-state index is 0.409. The van der Waals surface area contributed by atoms with Gasteiger partial charge in [-0.25, -0.2) is 0 Å². The zero-order valence-corrected chi connectivity index (χ0v) is 18.2. The molecule has 0 spiro atoms. The van der Waals surface area contributed by atoms with Crippen LogP contribution in [0.2, 0.25) is 10.0 Å². The Bertz CT molecular complexity index is 624. The molecular formula is C24H33Cl2N. The van der Waals surface area contributed by atoms with Crippen LogP contribution in [0.1, 0.15) is 101 Å². The Hall–Kier alpha value is -0.710. The Morgan fingerprint density at radius 2 is 1.44 bits per heavy atom. The fourth-order valence-corrected chi connectivity index (χ4v) is 6.08. The first-order chi connectivity index (χ1) is 13.1. The Labute approximate surface area is 175 Å². The second-order valence-corrected chi connectivity index (χ2v) is 9.67. The molecule has 0 heterocycles. The number of unbranched alkanes of at least 4 members (excludes halogenated alkanes) is 2. The normalized spacial score (nSPS) is 28.7. The number of nitrogens with zero attached hydrogens (tertiary/aromatic N) is 1. The predicted molar refractivity (Wildman–Crippen MR) is 115 cm³/mol. The Morgan fingerprint density at radius 3 is 1.96 bits per heavy atom.